The lowest BCUT2D eigenvalue weighted by atomic mass is 10.0. The molecule has 7 heteroatoms. The maximum atomic E-state index is 13.0. The molecule has 0 unspecified atom stereocenters. The van der Waals surface area contributed by atoms with E-state index in [-0.39, 0.29) is 17.7 Å². The Kier molecular flexibility index (Phi) is 8.91. The summed E-state index contributed by atoms with van der Waals surface area (Å²) in [4.78, 5) is 30.1. The SMILES string of the molecule is NCCCN(Cc1cccc(-c2ccc(N3CCOCC3)c(NC(=O)Cc3ccccc3)c2)c1)C(=O)C1CC1. The van der Waals surface area contributed by atoms with Gasteiger partial charge in [0.15, 0.2) is 0 Å². The molecule has 2 aliphatic rings. The molecule has 5 rings (SSSR count). The summed E-state index contributed by atoms with van der Waals surface area (Å²) in [6.45, 7) is 4.73. The zero-order valence-corrected chi connectivity index (χ0v) is 22.5. The van der Waals surface area contributed by atoms with Gasteiger partial charge < -0.3 is 25.6 Å². The zero-order valence-electron chi connectivity index (χ0n) is 22.5. The van der Waals surface area contributed by atoms with Crippen LogP contribution in [0.2, 0.25) is 0 Å². The lowest BCUT2D eigenvalue weighted by Crippen LogP contribution is -2.36. The molecule has 1 saturated heterocycles. The highest BCUT2D eigenvalue weighted by molar-refractivity contribution is 5.96. The molecule has 1 aliphatic heterocycles. The van der Waals surface area contributed by atoms with Crippen LogP contribution < -0.4 is 16.0 Å². The van der Waals surface area contributed by atoms with Crippen molar-refractivity contribution < 1.29 is 14.3 Å². The van der Waals surface area contributed by atoms with Crippen LogP contribution in [0.25, 0.3) is 11.1 Å². The Morgan fingerprint density at radius 1 is 0.923 bits per heavy atom. The van der Waals surface area contributed by atoms with Gasteiger partial charge in [-0.1, -0.05) is 54.6 Å². The third kappa shape index (κ3) is 7.25. The lowest BCUT2D eigenvalue weighted by molar-refractivity contribution is -0.133. The summed E-state index contributed by atoms with van der Waals surface area (Å²) >= 11 is 0. The number of benzene rings is 3. The molecule has 0 bridgehead atoms. The number of anilines is 2. The average Bonchev–Trinajstić information content (AvgIpc) is 3.82. The summed E-state index contributed by atoms with van der Waals surface area (Å²) in [5.74, 6) is 0.378. The fraction of sp³-hybridized carbons (Fsp3) is 0.375. The van der Waals surface area contributed by atoms with Crippen molar-refractivity contribution in [3.05, 3.63) is 83.9 Å². The van der Waals surface area contributed by atoms with Gasteiger partial charge in [0.2, 0.25) is 11.8 Å². The number of nitrogens with zero attached hydrogens (tertiary/aromatic N) is 2. The summed E-state index contributed by atoms with van der Waals surface area (Å²) in [7, 11) is 0. The smallest absolute Gasteiger partial charge is 0.228 e. The minimum atomic E-state index is -0.0456. The van der Waals surface area contributed by atoms with Crippen LogP contribution >= 0.6 is 0 Å². The molecular weight excluding hydrogens is 488 g/mol. The second-order valence-corrected chi connectivity index (χ2v) is 10.4. The molecule has 7 nitrogen and oxygen atoms in total. The van der Waals surface area contributed by atoms with E-state index in [4.69, 9.17) is 10.5 Å². The van der Waals surface area contributed by atoms with Gasteiger partial charge in [-0.15, -0.1) is 0 Å². The second kappa shape index (κ2) is 12.9. The maximum Gasteiger partial charge on any atom is 0.228 e. The highest BCUT2D eigenvalue weighted by Gasteiger charge is 2.33. The van der Waals surface area contributed by atoms with Gasteiger partial charge in [0.25, 0.3) is 0 Å². The van der Waals surface area contributed by atoms with E-state index >= 15 is 0 Å². The van der Waals surface area contributed by atoms with E-state index in [1.807, 2.05) is 41.3 Å². The van der Waals surface area contributed by atoms with Gasteiger partial charge in [0.1, 0.15) is 0 Å². The zero-order chi connectivity index (χ0) is 27.0. The summed E-state index contributed by atoms with van der Waals surface area (Å²) in [5.41, 5.74) is 11.7. The fourth-order valence-corrected chi connectivity index (χ4v) is 5.08. The molecule has 204 valence electrons. The molecule has 3 aromatic carbocycles. The normalized spacial score (nSPS) is 15.2. The Morgan fingerprint density at radius 2 is 1.67 bits per heavy atom. The summed E-state index contributed by atoms with van der Waals surface area (Å²) in [5, 5.41) is 3.18. The number of ether oxygens (including phenoxy) is 1. The molecule has 1 saturated carbocycles. The Labute approximate surface area is 230 Å². The van der Waals surface area contributed by atoms with Gasteiger partial charge in [-0.05, 0) is 66.3 Å². The monoisotopic (exact) mass is 526 g/mol. The fourth-order valence-electron chi connectivity index (χ4n) is 5.08. The van der Waals surface area contributed by atoms with Gasteiger partial charge in [-0.2, -0.15) is 0 Å². The minimum Gasteiger partial charge on any atom is -0.378 e. The topological polar surface area (TPSA) is 87.9 Å². The van der Waals surface area contributed by atoms with Crippen LogP contribution in [0.15, 0.2) is 72.8 Å². The lowest BCUT2D eigenvalue weighted by Gasteiger charge is -2.31. The van der Waals surface area contributed by atoms with Gasteiger partial charge in [0.05, 0.1) is 31.0 Å². The van der Waals surface area contributed by atoms with Crippen LogP contribution in [0.5, 0.6) is 0 Å². The van der Waals surface area contributed by atoms with E-state index in [1.165, 1.54) is 0 Å². The van der Waals surface area contributed by atoms with Crippen LogP contribution in [0.3, 0.4) is 0 Å². The van der Waals surface area contributed by atoms with E-state index in [9.17, 15) is 9.59 Å². The number of nitrogens with two attached hydrogens (primary N) is 1. The van der Waals surface area contributed by atoms with E-state index in [0.717, 1.165) is 66.0 Å². The van der Waals surface area contributed by atoms with Crippen molar-refractivity contribution in [2.45, 2.75) is 32.2 Å². The molecule has 3 aromatic rings. The number of rotatable bonds is 11. The first-order chi connectivity index (χ1) is 19.1. The van der Waals surface area contributed by atoms with Crippen LogP contribution in [0, 0.1) is 5.92 Å². The van der Waals surface area contributed by atoms with Crippen molar-refractivity contribution >= 4 is 23.2 Å². The van der Waals surface area contributed by atoms with Crippen molar-refractivity contribution in [2.75, 3.05) is 49.6 Å². The van der Waals surface area contributed by atoms with Crippen molar-refractivity contribution in [2.24, 2.45) is 11.7 Å². The maximum absolute atomic E-state index is 13.0. The summed E-state index contributed by atoms with van der Waals surface area (Å²) < 4.78 is 5.55. The summed E-state index contributed by atoms with van der Waals surface area (Å²) in [6, 6.07) is 24.4. The largest absolute Gasteiger partial charge is 0.378 e. The molecule has 3 N–H and O–H groups in total. The molecule has 1 heterocycles. The molecule has 39 heavy (non-hydrogen) atoms. The number of nitrogens with one attached hydrogen (secondary N) is 1. The first-order valence-electron chi connectivity index (χ1n) is 14.0. The first-order valence-corrected chi connectivity index (χ1v) is 14.0. The number of hydrogen-bond acceptors (Lipinski definition) is 5. The van der Waals surface area contributed by atoms with E-state index in [0.29, 0.717) is 39.3 Å². The van der Waals surface area contributed by atoms with Crippen molar-refractivity contribution in [1.82, 2.24) is 4.90 Å². The predicted octanol–water partition coefficient (Wildman–Crippen LogP) is 4.46. The number of hydrogen-bond donors (Lipinski definition) is 2. The average molecular weight is 527 g/mol. The molecule has 1 aliphatic carbocycles. The molecule has 0 spiro atoms. The first kappa shape index (κ1) is 26.9. The Balaban J connectivity index is 1.38. The van der Waals surface area contributed by atoms with Crippen LogP contribution in [-0.2, 0) is 27.3 Å². The number of morpholine rings is 1. The van der Waals surface area contributed by atoms with Crippen LogP contribution in [0.4, 0.5) is 11.4 Å². The van der Waals surface area contributed by atoms with E-state index < -0.39 is 0 Å². The van der Waals surface area contributed by atoms with E-state index in [2.05, 4.69) is 46.6 Å². The quantitative estimate of drug-likeness (QED) is 0.385. The van der Waals surface area contributed by atoms with Gasteiger partial charge in [-0.3, -0.25) is 9.59 Å². The molecule has 0 atom stereocenters. The standard InChI is InChI=1S/C32H38N4O3/c33-14-5-15-36(32(38)26-10-11-26)23-25-8-4-9-27(20-25)28-12-13-30(35-16-18-39-19-17-35)29(22-28)34-31(37)21-24-6-2-1-3-7-24/h1-4,6-9,12-13,20,22,26H,5,10-11,14-19,21,23,33H2,(H,34,37). The Morgan fingerprint density at radius 3 is 2.41 bits per heavy atom. The highest BCUT2D eigenvalue weighted by atomic mass is 16.5. The molecule has 0 aromatic heterocycles. The van der Waals surface area contributed by atoms with Gasteiger partial charge in [0, 0.05) is 32.1 Å². The number of carbonyl (C=O) groups excluding carboxylic acids is 2. The van der Waals surface area contributed by atoms with Crippen LogP contribution in [-0.4, -0.2) is 56.1 Å². The molecule has 0 radical (unpaired) electrons. The third-order valence-corrected chi connectivity index (χ3v) is 7.33. The summed E-state index contributed by atoms with van der Waals surface area (Å²) in [6.07, 6.45) is 3.10. The molecular formula is C32H38N4O3. The molecule has 2 fully saturated rings. The minimum absolute atomic E-state index is 0.0456. The van der Waals surface area contributed by atoms with Crippen molar-refractivity contribution in [1.29, 1.82) is 0 Å². The predicted molar refractivity (Wildman–Crippen MR) is 155 cm³/mol. The van der Waals surface area contributed by atoms with Crippen molar-refractivity contribution in [3.8, 4) is 11.1 Å². The third-order valence-electron chi connectivity index (χ3n) is 7.33. The number of carbonyl (C=O) groups is 2. The van der Waals surface area contributed by atoms with E-state index in [1.54, 1.807) is 0 Å². The van der Waals surface area contributed by atoms with Crippen molar-refractivity contribution in [3.63, 3.8) is 0 Å². The number of amides is 2. The van der Waals surface area contributed by atoms with Gasteiger partial charge >= 0.3 is 0 Å². The Hall–Kier alpha value is -3.68. The second-order valence-electron chi connectivity index (χ2n) is 10.4. The highest BCUT2D eigenvalue weighted by Crippen LogP contribution is 2.34. The van der Waals surface area contributed by atoms with Gasteiger partial charge in [-0.25, -0.2) is 0 Å². The molecule has 2 amide bonds. The Bertz CT molecular complexity index is 1270. The van der Waals surface area contributed by atoms with Crippen LogP contribution in [0.1, 0.15) is 30.4 Å².